The van der Waals surface area contributed by atoms with Crippen molar-refractivity contribution < 1.29 is 14.8 Å². The number of aliphatic hydroxyl groups is 1. The van der Waals surface area contributed by atoms with Gasteiger partial charge in [-0.15, -0.1) is 0 Å². The van der Waals surface area contributed by atoms with Crippen molar-refractivity contribution in [3.63, 3.8) is 0 Å². The van der Waals surface area contributed by atoms with Gasteiger partial charge in [0.05, 0.1) is 6.10 Å². The first-order valence-electron chi connectivity index (χ1n) is 12.4. The number of anilines is 2. The highest BCUT2D eigenvalue weighted by Crippen LogP contribution is 2.28. The van der Waals surface area contributed by atoms with Crippen LogP contribution in [0.4, 0.5) is 17.2 Å². The average molecular weight is 548 g/mol. The maximum atomic E-state index is 10.8. The summed E-state index contributed by atoms with van der Waals surface area (Å²) in [5, 5.41) is 21.8. The van der Waals surface area contributed by atoms with Crippen molar-refractivity contribution in [3.8, 4) is 5.75 Å². The second-order valence-corrected chi connectivity index (χ2v) is 9.82. The number of aromatic nitrogens is 2. The van der Waals surface area contributed by atoms with Crippen molar-refractivity contribution >= 4 is 40.4 Å². The second kappa shape index (κ2) is 12.5. The van der Waals surface area contributed by atoms with Crippen LogP contribution < -0.4 is 14.5 Å². The molecule has 2 heterocycles. The van der Waals surface area contributed by atoms with Crippen molar-refractivity contribution in [1.29, 1.82) is 0 Å². The number of benzene rings is 2. The number of ether oxygens (including phenoxy) is 1. The number of imidazole rings is 1. The molecular weight excluding hydrogens is 517 g/mol. The lowest BCUT2D eigenvalue weighted by Crippen LogP contribution is -2.45. The highest BCUT2D eigenvalue weighted by Gasteiger charge is 2.24. The highest BCUT2D eigenvalue weighted by atomic mass is 35.5. The van der Waals surface area contributed by atoms with Gasteiger partial charge in [0.1, 0.15) is 18.6 Å². The van der Waals surface area contributed by atoms with Gasteiger partial charge in [-0.25, -0.2) is 0 Å². The number of nitro groups is 1. The van der Waals surface area contributed by atoms with Gasteiger partial charge >= 0.3 is 11.1 Å². The van der Waals surface area contributed by atoms with Crippen LogP contribution in [0.5, 0.6) is 5.75 Å². The first-order chi connectivity index (χ1) is 17.8. The molecule has 1 aliphatic heterocycles. The minimum atomic E-state index is -0.752. The van der Waals surface area contributed by atoms with Crippen molar-refractivity contribution in [1.82, 2.24) is 9.55 Å². The Morgan fingerprint density at radius 2 is 1.84 bits per heavy atom. The van der Waals surface area contributed by atoms with Crippen LogP contribution in [0.15, 0.2) is 54.7 Å². The van der Waals surface area contributed by atoms with E-state index < -0.39 is 11.0 Å². The monoisotopic (exact) mass is 547 g/mol. The van der Waals surface area contributed by atoms with Crippen LogP contribution in [-0.4, -0.2) is 58.0 Å². The molecule has 0 amide bonds. The smallest absolute Gasteiger partial charge is 0.383 e. The summed E-state index contributed by atoms with van der Waals surface area (Å²) in [5.74, 6) is 0.359. The third-order valence-corrected chi connectivity index (χ3v) is 7.21. The number of halogens is 2. The van der Waals surface area contributed by atoms with Gasteiger partial charge in [0.15, 0.2) is 0 Å². The lowest BCUT2D eigenvalue weighted by molar-refractivity contribution is -0.389. The van der Waals surface area contributed by atoms with Crippen LogP contribution in [0.2, 0.25) is 10.3 Å². The van der Waals surface area contributed by atoms with Crippen molar-refractivity contribution in [3.05, 3.63) is 75.1 Å². The van der Waals surface area contributed by atoms with E-state index in [4.69, 9.17) is 27.9 Å². The van der Waals surface area contributed by atoms with E-state index in [0.717, 1.165) is 43.2 Å². The minimum absolute atomic E-state index is 0.0202. The van der Waals surface area contributed by atoms with Crippen molar-refractivity contribution in [2.75, 3.05) is 36.0 Å². The van der Waals surface area contributed by atoms with E-state index in [2.05, 4.69) is 33.8 Å². The number of rotatable bonds is 11. The Morgan fingerprint density at radius 3 is 2.43 bits per heavy atom. The molecule has 37 heavy (non-hydrogen) atoms. The van der Waals surface area contributed by atoms with Crippen LogP contribution in [0.1, 0.15) is 26.2 Å². The van der Waals surface area contributed by atoms with E-state index in [1.807, 2.05) is 36.4 Å². The van der Waals surface area contributed by atoms with Crippen molar-refractivity contribution in [2.45, 2.75) is 44.9 Å². The summed E-state index contributed by atoms with van der Waals surface area (Å²) in [5.41, 5.74) is 2.36. The molecule has 2 aromatic carbocycles. The number of aliphatic hydroxyl groups excluding tert-OH is 1. The minimum Gasteiger partial charge on any atom is -0.491 e. The summed E-state index contributed by atoms with van der Waals surface area (Å²) in [6.07, 6.45) is 2.98. The maximum absolute atomic E-state index is 10.8. The van der Waals surface area contributed by atoms with Crippen LogP contribution in [-0.2, 0) is 6.54 Å². The molecule has 0 saturated carbocycles. The predicted molar refractivity (Wildman–Crippen MR) is 146 cm³/mol. The quantitative estimate of drug-likeness (QED) is 0.252. The fourth-order valence-corrected chi connectivity index (χ4v) is 5.01. The van der Waals surface area contributed by atoms with Crippen LogP contribution in [0, 0.1) is 10.1 Å². The highest BCUT2D eigenvalue weighted by molar-refractivity contribution is 6.30. The molecule has 1 atom stereocenters. The van der Waals surface area contributed by atoms with E-state index >= 15 is 0 Å². The third kappa shape index (κ3) is 7.06. The molecule has 1 N–H and O–H groups in total. The predicted octanol–water partition coefficient (Wildman–Crippen LogP) is 5.42. The van der Waals surface area contributed by atoms with Gasteiger partial charge in [-0.3, -0.25) is 4.57 Å². The fourth-order valence-electron chi connectivity index (χ4n) is 4.66. The first kappa shape index (κ1) is 27.0. The van der Waals surface area contributed by atoms with E-state index in [-0.39, 0.29) is 17.7 Å². The van der Waals surface area contributed by atoms with Gasteiger partial charge in [-0.05, 0) is 96.2 Å². The maximum Gasteiger partial charge on any atom is 0.383 e. The standard InChI is InChI=1S/C26H31Cl2N5O4/c1-2-32(21-5-3-19(27)4-6-21)22-11-14-30(15-12-22)20-7-9-24(10-8-20)37-18-23(34)13-16-31-17-25(33(35)36)29-26(31)28/h3-10,17,22-23,34H,2,11-16,18H2,1H3. The zero-order chi connectivity index (χ0) is 26.4. The van der Waals surface area contributed by atoms with E-state index in [1.165, 1.54) is 16.5 Å². The number of aryl methyl sites for hydroxylation is 1. The molecule has 1 unspecified atom stereocenters. The summed E-state index contributed by atoms with van der Waals surface area (Å²) in [6, 6.07) is 16.5. The molecule has 0 radical (unpaired) electrons. The Balaban J connectivity index is 1.22. The summed E-state index contributed by atoms with van der Waals surface area (Å²) in [4.78, 5) is 18.7. The molecule has 1 aromatic heterocycles. The van der Waals surface area contributed by atoms with Gasteiger partial charge in [0.25, 0.3) is 0 Å². The normalized spacial score (nSPS) is 15.0. The van der Waals surface area contributed by atoms with E-state index in [0.29, 0.717) is 24.8 Å². The largest absolute Gasteiger partial charge is 0.491 e. The Kier molecular flexibility index (Phi) is 9.13. The molecule has 0 spiro atoms. The zero-order valence-electron chi connectivity index (χ0n) is 20.7. The summed E-state index contributed by atoms with van der Waals surface area (Å²) < 4.78 is 7.18. The Hall–Kier alpha value is -3.01. The van der Waals surface area contributed by atoms with Gasteiger partial charge in [0, 0.05) is 48.6 Å². The Labute approximate surface area is 226 Å². The van der Waals surface area contributed by atoms with E-state index in [1.54, 1.807) is 0 Å². The van der Waals surface area contributed by atoms with Gasteiger partial charge in [-0.2, -0.15) is 0 Å². The molecule has 9 nitrogen and oxygen atoms in total. The Morgan fingerprint density at radius 1 is 1.16 bits per heavy atom. The van der Waals surface area contributed by atoms with Crippen LogP contribution >= 0.6 is 23.2 Å². The fraction of sp³-hybridized carbons (Fsp3) is 0.423. The zero-order valence-corrected chi connectivity index (χ0v) is 22.2. The molecule has 11 heteroatoms. The first-order valence-corrected chi connectivity index (χ1v) is 13.1. The number of piperidine rings is 1. The second-order valence-electron chi connectivity index (χ2n) is 9.05. The number of nitrogens with zero attached hydrogens (tertiary/aromatic N) is 5. The summed E-state index contributed by atoms with van der Waals surface area (Å²) in [7, 11) is 0. The molecule has 3 aromatic rings. The topological polar surface area (TPSA) is 96.9 Å². The van der Waals surface area contributed by atoms with Gasteiger partial charge in [-0.1, -0.05) is 11.6 Å². The SMILES string of the molecule is CCN(c1ccc(Cl)cc1)C1CCN(c2ccc(OCC(O)CCn3cc([N+](=O)[O-])nc3Cl)cc2)CC1. The van der Waals surface area contributed by atoms with E-state index in [9.17, 15) is 15.2 Å². The number of hydrogen-bond donors (Lipinski definition) is 1. The molecule has 0 bridgehead atoms. The Bertz CT molecular complexity index is 1160. The lowest BCUT2D eigenvalue weighted by Gasteiger charge is -2.40. The molecule has 0 aliphatic carbocycles. The molecular formula is C26H31Cl2N5O4. The van der Waals surface area contributed by atoms with Crippen molar-refractivity contribution in [2.24, 2.45) is 0 Å². The third-order valence-electron chi connectivity index (χ3n) is 6.65. The van der Waals surface area contributed by atoms with Crippen LogP contribution in [0.3, 0.4) is 0 Å². The average Bonchev–Trinajstić information content (AvgIpc) is 3.29. The lowest BCUT2D eigenvalue weighted by atomic mass is 10.0. The summed E-state index contributed by atoms with van der Waals surface area (Å²) in [6.45, 7) is 5.50. The van der Waals surface area contributed by atoms with Crippen LogP contribution in [0.25, 0.3) is 0 Å². The number of hydrogen-bond acceptors (Lipinski definition) is 7. The van der Waals surface area contributed by atoms with Gasteiger partial charge < -0.3 is 29.8 Å². The molecule has 1 fully saturated rings. The molecule has 1 saturated heterocycles. The molecule has 4 rings (SSSR count). The van der Waals surface area contributed by atoms with Gasteiger partial charge in [0.2, 0.25) is 0 Å². The molecule has 198 valence electrons. The summed E-state index contributed by atoms with van der Waals surface area (Å²) >= 11 is 12.0. The molecule has 1 aliphatic rings.